The normalized spacial score (nSPS) is 13.3. The molecule has 1 atom stereocenters. The summed E-state index contributed by atoms with van der Waals surface area (Å²) in [5, 5.41) is 3.53. The van der Waals surface area contributed by atoms with Crippen LogP contribution in [0.4, 0.5) is 18.9 Å². The Kier molecular flexibility index (Phi) is 11.9. The van der Waals surface area contributed by atoms with Crippen molar-refractivity contribution in [1.82, 2.24) is 14.5 Å². The van der Waals surface area contributed by atoms with Gasteiger partial charge in [0, 0.05) is 62.4 Å². The van der Waals surface area contributed by atoms with Crippen molar-refractivity contribution in [2.45, 2.75) is 82.6 Å². The minimum Gasteiger partial charge on any atom is -0.469 e. The number of aromatic nitrogens is 3. The molecular formula is C30H41F3N4O6SSi. The van der Waals surface area contributed by atoms with Crippen molar-refractivity contribution < 1.29 is 40.7 Å². The lowest BCUT2D eigenvalue weighted by Gasteiger charge is -2.22. The number of pyridine rings is 2. The molecule has 3 heterocycles. The largest absolute Gasteiger partial charge is 0.469 e. The average Bonchev–Trinajstić information content (AvgIpc) is 3.32. The first-order valence-electron chi connectivity index (χ1n) is 14.6. The Labute approximate surface area is 262 Å². The van der Waals surface area contributed by atoms with Crippen LogP contribution in [0.25, 0.3) is 22.2 Å². The fourth-order valence-corrected chi connectivity index (χ4v) is 6.45. The maximum Gasteiger partial charge on any atom is 0.389 e. The molecule has 0 aliphatic rings. The topological polar surface area (TPSA) is 129 Å². The van der Waals surface area contributed by atoms with E-state index in [1.165, 1.54) is 25.6 Å². The van der Waals surface area contributed by atoms with Crippen LogP contribution < -0.4 is 5.32 Å². The highest BCUT2D eigenvalue weighted by Crippen LogP contribution is 2.33. The SMILES string of the molecule is COC(=O)CCS(=O)(=O)c1cnc2c(c1)c(-c1cncc(NC(C(=O)CCC(F)(F)F)C(C)C)c1)cn2COCC[Si](C)(C)C. The van der Waals surface area contributed by atoms with E-state index in [9.17, 15) is 31.2 Å². The molecule has 0 saturated heterocycles. The van der Waals surface area contributed by atoms with Gasteiger partial charge in [-0.05, 0) is 24.1 Å². The number of ether oxygens (including phenoxy) is 2. The smallest absolute Gasteiger partial charge is 0.389 e. The van der Waals surface area contributed by atoms with Crippen LogP contribution in [0.3, 0.4) is 0 Å². The first kappa shape index (κ1) is 36.2. The van der Waals surface area contributed by atoms with Gasteiger partial charge in [0.15, 0.2) is 15.6 Å². The summed E-state index contributed by atoms with van der Waals surface area (Å²) in [5.41, 5.74) is 2.01. The molecule has 0 amide bonds. The zero-order valence-electron chi connectivity index (χ0n) is 26.4. The number of nitrogens with one attached hydrogen (secondary N) is 1. The van der Waals surface area contributed by atoms with Crippen molar-refractivity contribution in [2.24, 2.45) is 5.92 Å². The van der Waals surface area contributed by atoms with Crippen LogP contribution in [-0.2, 0) is 35.6 Å². The first-order valence-corrected chi connectivity index (χ1v) is 19.9. The molecule has 0 aliphatic heterocycles. The molecule has 0 aromatic carbocycles. The molecule has 10 nitrogen and oxygen atoms in total. The first-order chi connectivity index (χ1) is 20.9. The fourth-order valence-electron chi connectivity index (χ4n) is 4.51. The summed E-state index contributed by atoms with van der Waals surface area (Å²) in [4.78, 5) is 33.0. The maximum absolute atomic E-state index is 13.1. The van der Waals surface area contributed by atoms with Crippen LogP contribution in [0.2, 0.25) is 25.7 Å². The van der Waals surface area contributed by atoms with Gasteiger partial charge in [-0.2, -0.15) is 13.2 Å². The minimum absolute atomic E-state index is 0.0741. The number of methoxy groups -OCH3 is 1. The molecule has 3 rings (SSSR count). The van der Waals surface area contributed by atoms with E-state index in [1.54, 1.807) is 36.9 Å². The van der Waals surface area contributed by atoms with Crippen molar-refractivity contribution in [3.8, 4) is 11.1 Å². The molecule has 0 fully saturated rings. The molecule has 0 aliphatic carbocycles. The second-order valence-corrected chi connectivity index (χ2v) is 20.2. The van der Waals surface area contributed by atoms with Crippen LogP contribution in [0, 0.1) is 5.92 Å². The molecule has 15 heteroatoms. The van der Waals surface area contributed by atoms with E-state index in [0.717, 1.165) is 6.04 Å². The van der Waals surface area contributed by atoms with Gasteiger partial charge in [-0.25, -0.2) is 13.4 Å². The number of carbonyl (C=O) groups excluding carboxylic acids is 2. The number of anilines is 1. The van der Waals surface area contributed by atoms with E-state index in [-0.39, 0.29) is 24.0 Å². The summed E-state index contributed by atoms with van der Waals surface area (Å²) in [7, 11) is -4.04. The highest BCUT2D eigenvalue weighted by atomic mass is 32.2. The van der Waals surface area contributed by atoms with E-state index in [1.807, 2.05) is 0 Å². The number of rotatable bonds is 16. The number of nitrogens with zero attached hydrogens (tertiary/aromatic N) is 3. The van der Waals surface area contributed by atoms with E-state index in [0.29, 0.717) is 34.5 Å². The molecule has 45 heavy (non-hydrogen) atoms. The van der Waals surface area contributed by atoms with Gasteiger partial charge in [0.1, 0.15) is 12.4 Å². The molecule has 3 aromatic rings. The minimum atomic E-state index is -4.44. The van der Waals surface area contributed by atoms with E-state index in [4.69, 9.17) is 4.74 Å². The van der Waals surface area contributed by atoms with Crippen molar-refractivity contribution in [1.29, 1.82) is 0 Å². The summed E-state index contributed by atoms with van der Waals surface area (Å²) in [5.74, 6) is -1.97. The van der Waals surface area contributed by atoms with Crippen molar-refractivity contribution in [2.75, 3.05) is 24.8 Å². The Morgan fingerprint density at radius 2 is 1.80 bits per heavy atom. The van der Waals surface area contributed by atoms with Gasteiger partial charge in [0.25, 0.3) is 0 Å². The fraction of sp³-hybridized carbons (Fsp3) is 0.533. The zero-order valence-corrected chi connectivity index (χ0v) is 28.2. The zero-order chi connectivity index (χ0) is 33.6. The standard InChI is InChI=1S/C30H41F3N4O6SSi/c1-20(2)28(26(38)7-9-30(31,32)33)36-22-13-21(15-34-16-22)25-18-37(19-43-10-12-45(4,5)6)29-24(25)14-23(17-35-29)44(40,41)11-8-27(39)42-3/h13-18,20,28,36H,7-12,19H2,1-6H3. The number of Topliss-reactive ketones (excluding diaryl/α,β-unsaturated/α-hetero) is 1. The number of carbonyl (C=O) groups is 2. The van der Waals surface area contributed by atoms with Crippen molar-refractivity contribution >= 4 is 46.4 Å². The molecule has 248 valence electrons. The summed E-state index contributed by atoms with van der Waals surface area (Å²) in [6.45, 7) is 10.9. The molecule has 1 unspecified atom stereocenters. The van der Waals surface area contributed by atoms with Gasteiger partial charge >= 0.3 is 12.1 Å². The lowest BCUT2D eigenvalue weighted by Crippen LogP contribution is -2.35. The molecular weight excluding hydrogens is 629 g/mol. The van der Waals surface area contributed by atoms with Gasteiger partial charge in [-0.1, -0.05) is 33.5 Å². The number of ketones is 1. The average molecular weight is 671 g/mol. The lowest BCUT2D eigenvalue weighted by atomic mass is 9.96. The summed E-state index contributed by atoms with van der Waals surface area (Å²) < 4.78 is 76.7. The number of sulfone groups is 1. The summed E-state index contributed by atoms with van der Waals surface area (Å²) in [6, 6.07) is 3.26. The van der Waals surface area contributed by atoms with E-state index in [2.05, 4.69) is 39.7 Å². The Morgan fingerprint density at radius 1 is 1.09 bits per heavy atom. The summed E-state index contributed by atoms with van der Waals surface area (Å²) >= 11 is 0. The quantitative estimate of drug-likeness (QED) is 0.109. The Bertz CT molecular complexity index is 1600. The van der Waals surface area contributed by atoms with E-state index >= 15 is 0 Å². The predicted octanol–water partition coefficient (Wildman–Crippen LogP) is 6.10. The summed E-state index contributed by atoms with van der Waals surface area (Å²) in [6.07, 6.45) is -0.556. The molecule has 0 bridgehead atoms. The molecule has 3 aromatic heterocycles. The monoisotopic (exact) mass is 670 g/mol. The van der Waals surface area contributed by atoms with Crippen LogP contribution >= 0.6 is 0 Å². The van der Waals surface area contributed by atoms with Gasteiger partial charge in [-0.15, -0.1) is 0 Å². The van der Waals surface area contributed by atoms with Crippen LogP contribution in [0.1, 0.15) is 33.1 Å². The van der Waals surface area contributed by atoms with Crippen LogP contribution in [0.5, 0.6) is 0 Å². The van der Waals surface area contributed by atoms with Gasteiger partial charge in [0.05, 0.1) is 42.3 Å². The number of alkyl halides is 3. The number of hydrogen-bond acceptors (Lipinski definition) is 9. The third-order valence-electron chi connectivity index (χ3n) is 7.12. The van der Waals surface area contributed by atoms with Crippen molar-refractivity contribution in [3.63, 3.8) is 0 Å². The van der Waals surface area contributed by atoms with Crippen molar-refractivity contribution in [3.05, 3.63) is 36.9 Å². The number of fused-ring (bicyclic) bond motifs is 1. The molecule has 0 radical (unpaired) electrons. The van der Waals surface area contributed by atoms with Gasteiger partial charge in [0.2, 0.25) is 0 Å². The number of halogens is 3. The van der Waals surface area contributed by atoms with Gasteiger partial charge < -0.3 is 19.4 Å². The second-order valence-electron chi connectivity index (χ2n) is 12.5. The number of esters is 1. The Balaban J connectivity index is 2.00. The molecule has 1 N–H and O–H groups in total. The molecule has 0 spiro atoms. The Hall–Kier alpha value is -3.30. The predicted molar refractivity (Wildman–Crippen MR) is 168 cm³/mol. The van der Waals surface area contributed by atoms with E-state index < -0.39 is 60.5 Å². The maximum atomic E-state index is 13.1. The highest BCUT2D eigenvalue weighted by molar-refractivity contribution is 7.91. The third kappa shape index (κ3) is 10.6. The van der Waals surface area contributed by atoms with Crippen LogP contribution in [0.15, 0.2) is 41.8 Å². The van der Waals surface area contributed by atoms with Gasteiger partial charge in [-0.3, -0.25) is 14.6 Å². The third-order valence-corrected chi connectivity index (χ3v) is 10.5. The lowest BCUT2D eigenvalue weighted by molar-refractivity contribution is -0.143. The second kappa shape index (κ2) is 14.9. The Morgan fingerprint density at radius 3 is 2.42 bits per heavy atom. The highest BCUT2D eigenvalue weighted by Gasteiger charge is 2.31. The van der Waals surface area contributed by atoms with Crippen LogP contribution in [-0.4, -0.2) is 74.5 Å². The number of hydrogen-bond donors (Lipinski definition) is 1. The molecule has 0 saturated carbocycles.